The molecule has 2 aliphatic rings. The van der Waals surface area contributed by atoms with Crippen LogP contribution in [0.4, 0.5) is 0 Å². The van der Waals surface area contributed by atoms with E-state index < -0.39 is 17.9 Å². The lowest BCUT2D eigenvalue weighted by Crippen LogP contribution is -2.49. The average molecular weight is 214 g/mol. The number of carboxylic acids is 1. The lowest BCUT2D eigenvalue weighted by atomic mass is 9.93. The second-order valence-corrected chi connectivity index (χ2v) is 4.57. The van der Waals surface area contributed by atoms with Gasteiger partial charge in [-0.25, -0.2) is 4.79 Å². The summed E-state index contributed by atoms with van der Waals surface area (Å²) in [5.74, 6) is -1.46. The first-order valence-corrected chi connectivity index (χ1v) is 5.70. The van der Waals surface area contributed by atoms with E-state index >= 15 is 0 Å². The highest BCUT2D eigenvalue weighted by molar-refractivity contribution is 5.72. The van der Waals surface area contributed by atoms with E-state index in [0.717, 1.165) is 32.1 Å². The number of hydrogen-bond acceptors (Lipinski definition) is 3. The molecule has 2 saturated heterocycles. The Bertz CT molecular complexity index is 249. The third kappa shape index (κ3) is 2.32. The van der Waals surface area contributed by atoms with Crippen molar-refractivity contribution in [3.8, 4) is 0 Å². The van der Waals surface area contributed by atoms with Gasteiger partial charge in [-0.1, -0.05) is 0 Å². The van der Waals surface area contributed by atoms with Crippen LogP contribution in [-0.4, -0.2) is 29.1 Å². The summed E-state index contributed by atoms with van der Waals surface area (Å²) in [6.45, 7) is 2.02. The molecule has 1 N–H and O–H groups in total. The summed E-state index contributed by atoms with van der Waals surface area (Å²) in [5.41, 5.74) is 0. The molecule has 0 amide bonds. The van der Waals surface area contributed by atoms with Crippen molar-refractivity contribution in [2.45, 2.75) is 63.4 Å². The van der Waals surface area contributed by atoms with Gasteiger partial charge in [0.25, 0.3) is 0 Å². The Morgan fingerprint density at radius 1 is 1.27 bits per heavy atom. The Morgan fingerprint density at radius 2 is 1.93 bits per heavy atom. The van der Waals surface area contributed by atoms with Crippen LogP contribution in [0.1, 0.15) is 45.4 Å². The monoisotopic (exact) mass is 214 g/mol. The summed E-state index contributed by atoms with van der Waals surface area (Å²) >= 11 is 0. The molecule has 0 aliphatic carbocycles. The van der Waals surface area contributed by atoms with Gasteiger partial charge in [0.05, 0.1) is 6.10 Å². The summed E-state index contributed by atoms with van der Waals surface area (Å²) in [6, 6.07) is 0. The van der Waals surface area contributed by atoms with Crippen molar-refractivity contribution in [2.24, 2.45) is 0 Å². The van der Waals surface area contributed by atoms with Crippen molar-refractivity contribution in [3.05, 3.63) is 0 Å². The number of carboxylic acid groups (broad SMARTS) is 1. The normalized spacial score (nSPS) is 41.7. The standard InChI is InChI=1S/C11H18O4/c1-8-4-2-6-11(14-8)7-3-5-9(15-11)10(12)13/h8-9H,2-7H2,1H3,(H,12,13)/t8-,9+,11+/m0/s1. The second kappa shape index (κ2) is 4.10. The number of hydrogen-bond donors (Lipinski definition) is 1. The van der Waals surface area contributed by atoms with E-state index in [1.807, 2.05) is 6.92 Å². The Hall–Kier alpha value is -0.610. The van der Waals surface area contributed by atoms with Crippen LogP contribution in [-0.2, 0) is 14.3 Å². The largest absolute Gasteiger partial charge is 0.479 e. The number of carbonyl (C=O) groups is 1. The molecule has 1 spiro atoms. The fourth-order valence-corrected chi connectivity index (χ4v) is 2.52. The van der Waals surface area contributed by atoms with Crippen LogP contribution >= 0.6 is 0 Å². The Kier molecular flexibility index (Phi) is 2.98. The molecule has 2 fully saturated rings. The molecule has 86 valence electrons. The molecule has 2 heterocycles. The predicted octanol–water partition coefficient (Wildman–Crippen LogP) is 1.93. The summed E-state index contributed by atoms with van der Waals surface area (Å²) < 4.78 is 11.4. The summed E-state index contributed by atoms with van der Waals surface area (Å²) in [7, 11) is 0. The SMILES string of the molecule is C[C@H]1CCC[C@@]2(CCC[C@H](C(=O)O)O2)O1. The van der Waals surface area contributed by atoms with Crippen molar-refractivity contribution in [2.75, 3.05) is 0 Å². The molecule has 4 nitrogen and oxygen atoms in total. The van der Waals surface area contributed by atoms with Crippen molar-refractivity contribution in [1.29, 1.82) is 0 Å². The Labute approximate surface area is 89.6 Å². The number of ether oxygens (including phenoxy) is 2. The highest BCUT2D eigenvalue weighted by Gasteiger charge is 2.43. The zero-order valence-corrected chi connectivity index (χ0v) is 9.07. The molecule has 0 radical (unpaired) electrons. The van der Waals surface area contributed by atoms with E-state index in [4.69, 9.17) is 14.6 Å². The maximum atomic E-state index is 10.9. The van der Waals surface area contributed by atoms with Gasteiger partial charge in [0.1, 0.15) is 0 Å². The van der Waals surface area contributed by atoms with E-state index in [1.165, 1.54) is 0 Å². The van der Waals surface area contributed by atoms with E-state index in [9.17, 15) is 4.79 Å². The van der Waals surface area contributed by atoms with Gasteiger partial charge in [0.2, 0.25) is 0 Å². The minimum Gasteiger partial charge on any atom is -0.479 e. The molecule has 0 saturated carbocycles. The van der Waals surface area contributed by atoms with Crippen LogP contribution in [0.2, 0.25) is 0 Å². The smallest absolute Gasteiger partial charge is 0.332 e. The first kappa shape index (κ1) is 10.9. The zero-order valence-electron chi connectivity index (χ0n) is 9.07. The van der Waals surface area contributed by atoms with Crippen molar-refractivity contribution in [3.63, 3.8) is 0 Å². The molecule has 0 unspecified atom stereocenters. The quantitative estimate of drug-likeness (QED) is 0.724. The third-order valence-electron chi connectivity index (χ3n) is 3.24. The highest BCUT2D eigenvalue weighted by atomic mass is 16.7. The van der Waals surface area contributed by atoms with E-state index in [2.05, 4.69) is 0 Å². The second-order valence-electron chi connectivity index (χ2n) is 4.57. The van der Waals surface area contributed by atoms with Crippen LogP contribution in [0.3, 0.4) is 0 Å². The maximum absolute atomic E-state index is 10.9. The molecule has 0 aromatic rings. The molecule has 2 rings (SSSR count). The van der Waals surface area contributed by atoms with E-state index in [0.29, 0.717) is 6.42 Å². The lowest BCUT2D eigenvalue weighted by molar-refractivity contribution is -0.309. The van der Waals surface area contributed by atoms with Gasteiger partial charge in [-0.2, -0.15) is 0 Å². The summed E-state index contributed by atoms with van der Waals surface area (Å²) in [5, 5.41) is 8.94. The predicted molar refractivity (Wildman–Crippen MR) is 53.5 cm³/mol. The zero-order chi connectivity index (χ0) is 10.9. The molecule has 15 heavy (non-hydrogen) atoms. The molecule has 3 atom stereocenters. The van der Waals surface area contributed by atoms with Crippen LogP contribution in [0.15, 0.2) is 0 Å². The van der Waals surface area contributed by atoms with Crippen LogP contribution in [0, 0.1) is 0 Å². The fraction of sp³-hybridized carbons (Fsp3) is 0.909. The first-order chi connectivity index (χ1) is 7.11. The molecule has 0 aromatic heterocycles. The van der Waals surface area contributed by atoms with E-state index in [1.54, 1.807) is 0 Å². The molecule has 2 aliphatic heterocycles. The minimum absolute atomic E-state index is 0.186. The number of aliphatic carboxylic acids is 1. The van der Waals surface area contributed by atoms with Gasteiger partial charge in [-0.3, -0.25) is 0 Å². The molecular weight excluding hydrogens is 196 g/mol. The highest BCUT2D eigenvalue weighted by Crippen LogP contribution is 2.38. The Morgan fingerprint density at radius 3 is 2.53 bits per heavy atom. The van der Waals surface area contributed by atoms with Gasteiger partial charge in [0.15, 0.2) is 11.9 Å². The van der Waals surface area contributed by atoms with Gasteiger partial charge >= 0.3 is 5.97 Å². The number of rotatable bonds is 1. The van der Waals surface area contributed by atoms with Gasteiger partial charge < -0.3 is 14.6 Å². The van der Waals surface area contributed by atoms with Crippen molar-refractivity contribution < 1.29 is 19.4 Å². The van der Waals surface area contributed by atoms with Gasteiger partial charge in [-0.05, 0) is 32.6 Å². The minimum atomic E-state index is -0.865. The van der Waals surface area contributed by atoms with E-state index in [-0.39, 0.29) is 6.10 Å². The van der Waals surface area contributed by atoms with Crippen LogP contribution < -0.4 is 0 Å². The average Bonchev–Trinajstić information content (AvgIpc) is 2.17. The topological polar surface area (TPSA) is 55.8 Å². The van der Waals surface area contributed by atoms with Crippen LogP contribution in [0.25, 0.3) is 0 Å². The van der Waals surface area contributed by atoms with Gasteiger partial charge in [0, 0.05) is 12.8 Å². The molecular formula is C11H18O4. The third-order valence-corrected chi connectivity index (χ3v) is 3.24. The summed E-state index contributed by atoms with van der Waals surface area (Å²) in [4.78, 5) is 10.9. The van der Waals surface area contributed by atoms with Crippen molar-refractivity contribution in [1.82, 2.24) is 0 Å². The van der Waals surface area contributed by atoms with Crippen LogP contribution in [0.5, 0.6) is 0 Å². The lowest BCUT2D eigenvalue weighted by Gasteiger charge is -2.44. The summed E-state index contributed by atoms with van der Waals surface area (Å²) in [6.07, 6.45) is 4.77. The molecule has 0 bridgehead atoms. The molecule has 0 aromatic carbocycles. The Balaban J connectivity index is 2.04. The molecule has 4 heteroatoms. The van der Waals surface area contributed by atoms with Crippen molar-refractivity contribution >= 4 is 5.97 Å². The first-order valence-electron chi connectivity index (χ1n) is 5.70. The fourth-order valence-electron chi connectivity index (χ4n) is 2.52. The van der Waals surface area contributed by atoms with Gasteiger partial charge in [-0.15, -0.1) is 0 Å². The maximum Gasteiger partial charge on any atom is 0.332 e.